The molecule has 2 aromatic carbocycles. The molecule has 1 aliphatic heterocycles. The Morgan fingerprint density at radius 1 is 1.06 bits per heavy atom. The molecule has 32 heavy (non-hydrogen) atoms. The number of aryl methyl sites for hydroxylation is 1. The smallest absolute Gasteiger partial charge is 0.223 e. The van der Waals surface area contributed by atoms with Gasteiger partial charge in [-0.2, -0.15) is 0 Å². The number of methoxy groups -OCH3 is 1. The molecule has 1 fully saturated rings. The highest BCUT2D eigenvalue weighted by Crippen LogP contribution is 2.27. The van der Waals surface area contributed by atoms with Crippen molar-refractivity contribution in [1.29, 1.82) is 0 Å². The van der Waals surface area contributed by atoms with Crippen molar-refractivity contribution in [3.63, 3.8) is 0 Å². The van der Waals surface area contributed by atoms with Crippen molar-refractivity contribution in [2.45, 2.75) is 32.4 Å². The molecular weight excluding hydrogens is 398 g/mol. The molecule has 0 bridgehead atoms. The first-order valence-corrected chi connectivity index (χ1v) is 11.3. The van der Waals surface area contributed by atoms with E-state index in [1.165, 1.54) is 5.56 Å². The van der Waals surface area contributed by atoms with Gasteiger partial charge in [-0.1, -0.05) is 54.6 Å². The van der Waals surface area contributed by atoms with Gasteiger partial charge >= 0.3 is 0 Å². The van der Waals surface area contributed by atoms with Crippen molar-refractivity contribution < 1.29 is 9.53 Å². The van der Waals surface area contributed by atoms with Crippen molar-refractivity contribution in [3.8, 4) is 5.88 Å². The monoisotopic (exact) mass is 429 g/mol. The van der Waals surface area contributed by atoms with Crippen LogP contribution in [-0.2, 0) is 11.3 Å². The summed E-state index contributed by atoms with van der Waals surface area (Å²) in [5, 5.41) is 3.32. The summed E-state index contributed by atoms with van der Waals surface area (Å²) in [6.45, 7) is 4.89. The first kappa shape index (κ1) is 22.0. The molecule has 1 unspecified atom stereocenters. The SMILES string of the molecule is COc1ccc(C(NC(=O)C2CCN(Cc3ccccc3)CC2)c2ccccc2C)cn1. The van der Waals surface area contributed by atoms with Crippen molar-refractivity contribution >= 4 is 5.91 Å². The molecule has 3 aromatic rings. The van der Waals surface area contributed by atoms with E-state index in [1.54, 1.807) is 13.3 Å². The fraction of sp³-hybridized carbons (Fsp3) is 0.333. The first-order chi connectivity index (χ1) is 15.6. The number of hydrogen-bond donors (Lipinski definition) is 1. The average Bonchev–Trinajstić information content (AvgIpc) is 2.84. The minimum Gasteiger partial charge on any atom is -0.481 e. The molecular formula is C27H31N3O2. The summed E-state index contributed by atoms with van der Waals surface area (Å²) < 4.78 is 5.20. The van der Waals surface area contributed by atoms with Gasteiger partial charge in [-0.05, 0) is 61.2 Å². The normalized spacial score (nSPS) is 15.8. The second-order valence-electron chi connectivity index (χ2n) is 8.47. The van der Waals surface area contributed by atoms with Crippen LogP contribution >= 0.6 is 0 Å². The number of piperidine rings is 1. The van der Waals surface area contributed by atoms with Gasteiger partial charge in [0.2, 0.25) is 11.8 Å². The topological polar surface area (TPSA) is 54.5 Å². The molecule has 1 atom stereocenters. The molecule has 0 spiro atoms. The van der Waals surface area contributed by atoms with Crippen LogP contribution < -0.4 is 10.1 Å². The van der Waals surface area contributed by atoms with Crippen molar-refractivity contribution in [3.05, 3.63) is 95.2 Å². The number of carbonyl (C=O) groups excluding carboxylic acids is 1. The Morgan fingerprint density at radius 2 is 1.78 bits per heavy atom. The van der Waals surface area contributed by atoms with Gasteiger partial charge < -0.3 is 10.1 Å². The standard InChI is InChI=1S/C27H31N3O2/c1-20-8-6-7-11-24(20)26(23-12-13-25(32-2)28-18-23)29-27(31)22-14-16-30(17-15-22)19-21-9-4-3-5-10-21/h3-13,18,22,26H,14-17,19H2,1-2H3,(H,29,31). The number of likely N-dealkylation sites (tertiary alicyclic amines) is 1. The molecule has 4 rings (SSSR count). The third-order valence-corrected chi connectivity index (χ3v) is 6.30. The second kappa shape index (κ2) is 10.4. The van der Waals surface area contributed by atoms with Gasteiger partial charge in [0, 0.05) is 24.7 Å². The van der Waals surface area contributed by atoms with Gasteiger partial charge in [0.05, 0.1) is 13.2 Å². The zero-order valence-electron chi connectivity index (χ0n) is 18.8. The summed E-state index contributed by atoms with van der Waals surface area (Å²) in [5.74, 6) is 0.711. The molecule has 5 nitrogen and oxygen atoms in total. The molecule has 0 saturated carbocycles. The summed E-state index contributed by atoms with van der Waals surface area (Å²) >= 11 is 0. The van der Waals surface area contributed by atoms with Crippen molar-refractivity contribution in [1.82, 2.24) is 15.2 Å². The van der Waals surface area contributed by atoms with Gasteiger partial charge in [0.15, 0.2) is 0 Å². The second-order valence-corrected chi connectivity index (χ2v) is 8.47. The van der Waals surface area contributed by atoms with E-state index in [1.807, 2.05) is 30.3 Å². The van der Waals surface area contributed by atoms with Gasteiger partial charge in [-0.3, -0.25) is 9.69 Å². The molecule has 5 heteroatoms. The molecule has 2 heterocycles. The van der Waals surface area contributed by atoms with Crippen LogP contribution in [0.25, 0.3) is 0 Å². The Balaban J connectivity index is 1.44. The first-order valence-electron chi connectivity index (χ1n) is 11.3. The fourth-order valence-corrected chi connectivity index (χ4v) is 4.39. The van der Waals surface area contributed by atoms with Crippen LogP contribution in [0, 0.1) is 12.8 Å². The number of hydrogen-bond acceptors (Lipinski definition) is 4. The number of pyridine rings is 1. The Kier molecular flexibility index (Phi) is 7.17. The summed E-state index contributed by atoms with van der Waals surface area (Å²) in [6.07, 6.45) is 3.54. The maximum Gasteiger partial charge on any atom is 0.223 e. The largest absolute Gasteiger partial charge is 0.481 e. The van der Waals surface area contributed by atoms with Crippen LogP contribution in [0.15, 0.2) is 72.9 Å². The van der Waals surface area contributed by atoms with Crippen molar-refractivity contribution in [2.24, 2.45) is 5.92 Å². The van der Waals surface area contributed by atoms with E-state index in [0.717, 1.165) is 49.2 Å². The number of benzene rings is 2. The van der Waals surface area contributed by atoms with E-state index in [9.17, 15) is 4.79 Å². The molecule has 1 saturated heterocycles. The Hall–Kier alpha value is -3.18. The average molecular weight is 430 g/mol. The molecule has 1 aromatic heterocycles. The van der Waals surface area contributed by atoms with Crippen LogP contribution in [0.2, 0.25) is 0 Å². The number of amides is 1. The predicted molar refractivity (Wildman–Crippen MR) is 126 cm³/mol. The quantitative estimate of drug-likeness (QED) is 0.600. The lowest BCUT2D eigenvalue weighted by Crippen LogP contribution is -2.41. The number of nitrogens with zero attached hydrogens (tertiary/aromatic N) is 2. The Morgan fingerprint density at radius 3 is 2.44 bits per heavy atom. The molecule has 0 radical (unpaired) electrons. The third-order valence-electron chi connectivity index (χ3n) is 6.30. The Labute approximate surface area is 190 Å². The molecule has 0 aliphatic carbocycles. The minimum atomic E-state index is -0.232. The number of ether oxygens (including phenoxy) is 1. The van der Waals surface area contributed by atoms with Crippen LogP contribution in [-0.4, -0.2) is 36.0 Å². The lowest BCUT2D eigenvalue weighted by Gasteiger charge is -2.32. The maximum absolute atomic E-state index is 13.3. The van der Waals surface area contributed by atoms with Crippen LogP contribution in [0.5, 0.6) is 5.88 Å². The van der Waals surface area contributed by atoms with Crippen LogP contribution in [0.3, 0.4) is 0 Å². The summed E-state index contributed by atoms with van der Waals surface area (Å²) in [7, 11) is 1.60. The lowest BCUT2D eigenvalue weighted by molar-refractivity contribution is -0.127. The van der Waals surface area contributed by atoms with Gasteiger partial charge in [-0.25, -0.2) is 4.98 Å². The summed E-state index contributed by atoms with van der Waals surface area (Å²) in [5.41, 5.74) is 4.51. The number of aromatic nitrogens is 1. The number of carbonyl (C=O) groups is 1. The van der Waals surface area contributed by atoms with Gasteiger partial charge in [0.25, 0.3) is 0 Å². The Bertz CT molecular complexity index is 1010. The van der Waals surface area contributed by atoms with Crippen molar-refractivity contribution in [2.75, 3.05) is 20.2 Å². The van der Waals surface area contributed by atoms with Gasteiger partial charge in [-0.15, -0.1) is 0 Å². The highest BCUT2D eigenvalue weighted by atomic mass is 16.5. The predicted octanol–water partition coefficient (Wildman–Crippen LogP) is 4.52. The zero-order valence-corrected chi connectivity index (χ0v) is 18.8. The highest BCUT2D eigenvalue weighted by molar-refractivity contribution is 5.79. The van der Waals surface area contributed by atoms with Crippen LogP contribution in [0.4, 0.5) is 0 Å². The van der Waals surface area contributed by atoms with E-state index in [-0.39, 0.29) is 17.9 Å². The van der Waals surface area contributed by atoms with E-state index in [4.69, 9.17) is 4.74 Å². The van der Waals surface area contributed by atoms with Crippen LogP contribution in [0.1, 0.15) is 41.1 Å². The van der Waals surface area contributed by atoms with E-state index >= 15 is 0 Å². The third kappa shape index (κ3) is 5.35. The van der Waals surface area contributed by atoms with E-state index in [2.05, 4.69) is 58.5 Å². The zero-order chi connectivity index (χ0) is 22.3. The van der Waals surface area contributed by atoms with E-state index in [0.29, 0.717) is 5.88 Å². The lowest BCUT2D eigenvalue weighted by atomic mass is 9.92. The summed E-state index contributed by atoms with van der Waals surface area (Å²) in [4.78, 5) is 20.1. The molecule has 1 amide bonds. The number of nitrogens with one attached hydrogen (secondary N) is 1. The number of rotatable bonds is 7. The molecule has 166 valence electrons. The fourth-order valence-electron chi connectivity index (χ4n) is 4.39. The molecule has 1 N–H and O–H groups in total. The minimum absolute atomic E-state index is 0.0275. The van der Waals surface area contributed by atoms with E-state index < -0.39 is 0 Å². The maximum atomic E-state index is 13.3. The van der Waals surface area contributed by atoms with Gasteiger partial charge in [0.1, 0.15) is 0 Å². The highest BCUT2D eigenvalue weighted by Gasteiger charge is 2.28. The molecule has 1 aliphatic rings. The summed E-state index contributed by atoms with van der Waals surface area (Å²) in [6, 6.07) is 22.3.